The Hall–Kier alpha value is -1.92. The van der Waals surface area contributed by atoms with E-state index >= 15 is 0 Å². The molecule has 0 aliphatic carbocycles. The standard InChI is InChI=1S/C18H25N3O3/c1-2-12-3-4-15-14(11-12)13(16(22)21-15)5-8-20-17(23)18(19)6-9-24-10-7-18/h3-4,11,13H,2,5-10,19H2,1H3,(H,20,23)(H,21,22). The molecule has 0 saturated carbocycles. The first-order valence-electron chi connectivity index (χ1n) is 8.62. The predicted molar refractivity (Wildman–Crippen MR) is 91.8 cm³/mol. The van der Waals surface area contributed by atoms with Gasteiger partial charge in [0.2, 0.25) is 11.8 Å². The van der Waals surface area contributed by atoms with Gasteiger partial charge in [-0.15, -0.1) is 0 Å². The Labute approximate surface area is 142 Å². The number of nitrogens with one attached hydrogen (secondary N) is 2. The maximum Gasteiger partial charge on any atom is 0.240 e. The second kappa shape index (κ2) is 6.91. The quantitative estimate of drug-likeness (QED) is 0.758. The summed E-state index contributed by atoms with van der Waals surface area (Å²) in [5.74, 6) is -0.358. The van der Waals surface area contributed by atoms with Gasteiger partial charge in [0, 0.05) is 25.4 Å². The molecular weight excluding hydrogens is 306 g/mol. The van der Waals surface area contributed by atoms with E-state index < -0.39 is 5.54 Å². The Morgan fingerprint density at radius 3 is 2.88 bits per heavy atom. The fourth-order valence-electron chi connectivity index (χ4n) is 3.35. The number of hydrogen-bond acceptors (Lipinski definition) is 4. The van der Waals surface area contributed by atoms with E-state index in [4.69, 9.17) is 10.5 Å². The van der Waals surface area contributed by atoms with E-state index in [-0.39, 0.29) is 17.7 Å². The van der Waals surface area contributed by atoms with Crippen molar-refractivity contribution in [2.24, 2.45) is 5.73 Å². The summed E-state index contributed by atoms with van der Waals surface area (Å²) in [6, 6.07) is 6.08. The van der Waals surface area contributed by atoms with Crippen LogP contribution in [0.15, 0.2) is 18.2 Å². The van der Waals surface area contributed by atoms with E-state index in [0.29, 0.717) is 39.0 Å². The number of rotatable bonds is 5. The second-order valence-corrected chi connectivity index (χ2v) is 6.63. The first kappa shape index (κ1) is 16.9. The van der Waals surface area contributed by atoms with Crippen LogP contribution in [0.1, 0.15) is 43.2 Å². The number of aryl methyl sites for hydroxylation is 1. The number of benzene rings is 1. The van der Waals surface area contributed by atoms with Gasteiger partial charge in [-0.3, -0.25) is 9.59 Å². The van der Waals surface area contributed by atoms with Crippen molar-refractivity contribution in [3.05, 3.63) is 29.3 Å². The minimum Gasteiger partial charge on any atom is -0.381 e. The Bertz CT molecular complexity index is 638. The molecule has 4 N–H and O–H groups in total. The number of carbonyl (C=O) groups is 2. The second-order valence-electron chi connectivity index (χ2n) is 6.63. The van der Waals surface area contributed by atoms with Crippen molar-refractivity contribution in [3.8, 4) is 0 Å². The average Bonchev–Trinajstić information content (AvgIpc) is 2.90. The maximum atomic E-state index is 12.3. The number of fused-ring (bicyclic) bond motifs is 1. The molecule has 0 spiro atoms. The van der Waals surface area contributed by atoms with E-state index in [0.717, 1.165) is 17.7 Å². The Kier molecular flexibility index (Phi) is 4.87. The third kappa shape index (κ3) is 3.30. The van der Waals surface area contributed by atoms with Crippen LogP contribution in [0, 0.1) is 0 Å². The van der Waals surface area contributed by atoms with Crippen molar-refractivity contribution >= 4 is 17.5 Å². The van der Waals surface area contributed by atoms with Crippen molar-refractivity contribution in [1.82, 2.24) is 5.32 Å². The highest BCUT2D eigenvalue weighted by Crippen LogP contribution is 2.35. The summed E-state index contributed by atoms with van der Waals surface area (Å²) >= 11 is 0. The highest BCUT2D eigenvalue weighted by atomic mass is 16.5. The molecule has 24 heavy (non-hydrogen) atoms. The molecule has 2 aliphatic rings. The summed E-state index contributed by atoms with van der Waals surface area (Å²) in [6.07, 6.45) is 2.57. The molecule has 0 aromatic heterocycles. The van der Waals surface area contributed by atoms with Crippen LogP contribution in [0.5, 0.6) is 0 Å². The van der Waals surface area contributed by atoms with Gasteiger partial charge in [0.15, 0.2) is 0 Å². The molecule has 1 unspecified atom stereocenters. The zero-order chi connectivity index (χ0) is 17.2. The molecule has 0 radical (unpaired) electrons. The predicted octanol–water partition coefficient (Wildman–Crippen LogP) is 1.30. The summed E-state index contributed by atoms with van der Waals surface area (Å²) < 4.78 is 5.26. The van der Waals surface area contributed by atoms with E-state index in [1.807, 2.05) is 12.1 Å². The van der Waals surface area contributed by atoms with Crippen molar-refractivity contribution in [3.63, 3.8) is 0 Å². The van der Waals surface area contributed by atoms with Gasteiger partial charge >= 0.3 is 0 Å². The molecule has 1 fully saturated rings. The van der Waals surface area contributed by atoms with Crippen LogP contribution in [0.4, 0.5) is 5.69 Å². The summed E-state index contributed by atoms with van der Waals surface area (Å²) in [5.41, 5.74) is 8.45. The number of anilines is 1. The topological polar surface area (TPSA) is 93.5 Å². The Balaban J connectivity index is 1.59. The fraction of sp³-hybridized carbons (Fsp3) is 0.556. The molecule has 2 aliphatic heterocycles. The van der Waals surface area contributed by atoms with Crippen LogP contribution >= 0.6 is 0 Å². The molecule has 0 bridgehead atoms. The molecule has 1 aromatic carbocycles. The molecule has 1 saturated heterocycles. The van der Waals surface area contributed by atoms with E-state index in [9.17, 15) is 9.59 Å². The first-order valence-corrected chi connectivity index (χ1v) is 8.62. The number of carbonyl (C=O) groups excluding carboxylic acids is 2. The van der Waals surface area contributed by atoms with Crippen molar-refractivity contribution in [2.45, 2.75) is 44.1 Å². The van der Waals surface area contributed by atoms with Crippen LogP contribution < -0.4 is 16.4 Å². The van der Waals surface area contributed by atoms with Gasteiger partial charge in [0.05, 0.1) is 11.5 Å². The van der Waals surface area contributed by atoms with Crippen LogP contribution in [0.2, 0.25) is 0 Å². The lowest BCUT2D eigenvalue weighted by Crippen LogP contribution is -2.57. The van der Waals surface area contributed by atoms with Gasteiger partial charge in [0.25, 0.3) is 0 Å². The molecule has 6 nitrogen and oxygen atoms in total. The SMILES string of the molecule is CCc1ccc2c(c1)C(CCNC(=O)C1(N)CCOCC1)C(=O)N2. The third-order valence-corrected chi connectivity index (χ3v) is 5.03. The monoisotopic (exact) mass is 331 g/mol. The van der Waals surface area contributed by atoms with E-state index in [1.54, 1.807) is 0 Å². The molecule has 6 heteroatoms. The van der Waals surface area contributed by atoms with Crippen LogP contribution in [0.3, 0.4) is 0 Å². The first-order chi connectivity index (χ1) is 11.5. The number of nitrogens with two attached hydrogens (primary N) is 1. The highest BCUT2D eigenvalue weighted by Gasteiger charge is 2.36. The van der Waals surface area contributed by atoms with Gasteiger partial charge in [0.1, 0.15) is 0 Å². The molecular formula is C18H25N3O3. The van der Waals surface area contributed by atoms with Crippen LogP contribution in [-0.4, -0.2) is 37.1 Å². The summed E-state index contributed by atoms with van der Waals surface area (Å²) in [5, 5.41) is 5.82. The summed E-state index contributed by atoms with van der Waals surface area (Å²) in [6.45, 7) is 3.56. The maximum absolute atomic E-state index is 12.3. The zero-order valence-corrected chi connectivity index (χ0v) is 14.1. The number of ether oxygens (including phenoxy) is 1. The van der Waals surface area contributed by atoms with E-state index in [1.165, 1.54) is 5.56 Å². The Morgan fingerprint density at radius 2 is 2.17 bits per heavy atom. The lowest BCUT2D eigenvalue weighted by atomic mass is 9.90. The highest BCUT2D eigenvalue weighted by molar-refractivity contribution is 6.03. The smallest absolute Gasteiger partial charge is 0.240 e. The lowest BCUT2D eigenvalue weighted by molar-refractivity contribution is -0.130. The molecule has 2 heterocycles. The van der Waals surface area contributed by atoms with Crippen molar-refractivity contribution in [2.75, 3.05) is 25.1 Å². The minimum atomic E-state index is -0.844. The lowest BCUT2D eigenvalue weighted by Gasteiger charge is -2.31. The molecule has 1 aromatic rings. The van der Waals surface area contributed by atoms with Crippen molar-refractivity contribution < 1.29 is 14.3 Å². The van der Waals surface area contributed by atoms with Gasteiger partial charge in [-0.1, -0.05) is 19.1 Å². The normalized spacial score (nSPS) is 21.9. The van der Waals surface area contributed by atoms with E-state index in [2.05, 4.69) is 23.6 Å². The largest absolute Gasteiger partial charge is 0.381 e. The third-order valence-electron chi connectivity index (χ3n) is 5.03. The van der Waals surface area contributed by atoms with Gasteiger partial charge < -0.3 is 21.1 Å². The molecule has 3 rings (SSSR count). The number of amides is 2. The van der Waals surface area contributed by atoms with Gasteiger partial charge in [-0.25, -0.2) is 0 Å². The molecule has 130 valence electrons. The summed E-state index contributed by atoms with van der Waals surface area (Å²) in [4.78, 5) is 24.5. The van der Waals surface area contributed by atoms with Gasteiger partial charge in [-0.2, -0.15) is 0 Å². The van der Waals surface area contributed by atoms with Crippen molar-refractivity contribution in [1.29, 1.82) is 0 Å². The minimum absolute atomic E-state index is 0.000954. The van der Waals surface area contributed by atoms with Gasteiger partial charge in [-0.05, 0) is 42.9 Å². The molecule has 1 atom stereocenters. The fourth-order valence-corrected chi connectivity index (χ4v) is 3.35. The number of hydrogen-bond donors (Lipinski definition) is 3. The van der Waals surface area contributed by atoms with Crippen LogP contribution in [0.25, 0.3) is 0 Å². The molecule has 2 amide bonds. The van der Waals surface area contributed by atoms with Crippen LogP contribution in [-0.2, 0) is 20.7 Å². The Morgan fingerprint density at radius 1 is 1.42 bits per heavy atom. The average molecular weight is 331 g/mol. The summed E-state index contributed by atoms with van der Waals surface area (Å²) in [7, 11) is 0. The zero-order valence-electron chi connectivity index (χ0n) is 14.1.